The van der Waals surface area contributed by atoms with Gasteiger partial charge in [0.2, 0.25) is 0 Å². The van der Waals surface area contributed by atoms with Gasteiger partial charge < -0.3 is 5.73 Å². The molecule has 0 heterocycles. The summed E-state index contributed by atoms with van der Waals surface area (Å²) in [6, 6.07) is 0. The fourth-order valence-electron chi connectivity index (χ4n) is 0.765. The van der Waals surface area contributed by atoms with Crippen molar-refractivity contribution >= 4 is 0 Å². The summed E-state index contributed by atoms with van der Waals surface area (Å²) >= 11 is 0. The molecule has 0 aromatic heterocycles. The Hall–Kier alpha value is -0.300. The van der Waals surface area contributed by atoms with E-state index in [1.165, 1.54) is 12.0 Å². The Morgan fingerprint density at radius 3 is 2.57 bits per heavy atom. The van der Waals surface area contributed by atoms with Gasteiger partial charge in [-0.15, -0.1) is 0 Å². The van der Waals surface area contributed by atoms with Gasteiger partial charge in [-0.3, -0.25) is 0 Å². The van der Waals surface area contributed by atoms with Gasteiger partial charge in [0, 0.05) is 0 Å². The van der Waals surface area contributed by atoms with E-state index in [1.54, 1.807) is 0 Å². The van der Waals surface area contributed by atoms with Crippen LogP contribution in [0.1, 0.15) is 12.8 Å². The Morgan fingerprint density at radius 2 is 2.43 bits per heavy atom. The summed E-state index contributed by atoms with van der Waals surface area (Å²) in [6.45, 7) is 4.63. The van der Waals surface area contributed by atoms with Crippen LogP contribution in [-0.2, 0) is 0 Å². The number of hydrogen-bond acceptors (Lipinski definition) is 1. The summed E-state index contributed by atoms with van der Waals surface area (Å²) in [5.41, 5.74) is 6.68. The van der Waals surface area contributed by atoms with E-state index in [0.717, 1.165) is 18.9 Å². The van der Waals surface area contributed by atoms with Gasteiger partial charge in [-0.2, -0.15) is 0 Å². The van der Waals surface area contributed by atoms with Gasteiger partial charge in [-0.05, 0) is 25.3 Å². The molecule has 1 atom stereocenters. The van der Waals surface area contributed by atoms with Crippen molar-refractivity contribution in [2.45, 2.75) is 12.8 Å². The molecule has 40 valence electrons. The van der Waals surface area contributed by atoms with Crippen LogP contribution in [0.2, 0.25) is 0 Å². The van der Waals surface area contributed by atoms with Crippen LogP contribution in [0.5, 0.6) is 0 Å². The minimum Gasteiger partial charge on any atom is -0.330 e. The van der Waals surface area contributed by atoms with Crippen molar-refractivity contribution < 1.29 is 0 Å². The minimum absolute atomic E-state index is 0.796. The number of nitrogens with two attached hydrogens (primary N) is 1. The quantitative estimate of drug-likeness (QED) is 0.509. The zero-order valence-electron chi connectivity index (χ0n) is 4.48. The highest BCUT2D eigenvalue weighted by Crippen LogP contribution is 2.37. The topological polar surface area (TPSA) is 26.0 Å². The van der Waals surface area contributed by atoms with Crippen molar-refractivity contribution in [3.8, 4) is 0 Å². The number of rotatable bonds is 2. The van der Waals surface area contributed by atoms with Crippen molar-refractivity contribution in [2.75, 3.05) is 6.54 Å². The molecule has 1 rings (SSSR count). The Bertz CT molecular complexity index is 86.2. The van der Waals surface area contributed by atoms with E-state index in [-0.39, 0.29) is 0 Å². The van der Waals surface area contributed by atoms with E-state index in [4.69, 9.17) is 5.73 Å². The zero-order chi connectivity index (χ0) is 5.28. The molecule has 1 aliphatic carbocycles. The molecule has 0 radical (unpaired) electrons. The van der Waals surface area contributed by atoms with E-state index in [9.17, 15) is 0 Å². The fraction of sp³-hybridized carbons (Fsp3) is 0.667. The van der Waals surface area contributed by atoms with Gasteiger partial charge in [0.1, 0.15) is 0 Å². The summed E-state index contributed by atoms with van der Waals surface area (Å²) in [4.78, 5) is 0. The SMILES string of the molecule is C=C1CC1CCN. The fourth-order valence-corrected chi connectivity index (χ4v) is 0.765. The van der Waals surface area contributed by atoms with Crippen LogP contribution < -0.4 is 5.73 Å². The van der Waals surface area contributed by atoms with E-state index in [2.05, 4.69) is 6.58 Å². The molecule has 0 aromatic rings. The number of hydrogen-bond donors (Lipinski definition) is 1. The highest BCUT2D eigenvalue weighted by atomic mass is 14.5. The van der Waals surface area contributed by atoms with Crippen molar-refractivity contribution in [2.24, 2.45) is 11.7 Å². The normalized spacial score (nSPS) is 28.1. The van der Waals surface area contributed by atoms with E-state index < -0.39 is 0 Å². The maximum Gasteiger partial charge on any atom is -0.00715 e. The van der Waals surface area contributed by atoms with Crippen molar-refractivity contribution in [3.63, 3.8) is 0 Å². The Balaban J connectivity index is 2.09. The lowest BCUT2D eigenvalue weighted by molar-refractivity contribution is 0.760. The highest BCUT2D eigenvalue weighted by Gasteiger charge is 2.25. The molecule has 7 heavy (non-hydrogen) atoms. The standard InChI is InChI=1S/C6H11N/c1-5-4-6(5)2-3-7/h6H,1-4,7H2. The molecular formula is C6H11N. The molecule has 1 nitrogen and oxygen atoms in total. The van der Waals surface area contributed by atoms with Crippen LogP contribution in [0.15, 0.2) is 12.2 Å². The van der Waals surface area contributed by atoms with Crippen LogP contribution in [0.4, 0.5) is 0 Å². The molecule has 1 heteroatoms. The van der Waals surface area contributed by atoms with Crippen LogP contribution in [0, 0.1) is 5.92 Å². The lowest BCUT2D eigenvalue weighted by Gasteiger charge is -1.84. The van der Waals surface area contributed by atoms with Gasteiger partial charge in [-0.1, -0.05) is 12.2 Å². The molecule has 0 aliphatic heterocycles. The third kappa shape index (κ3) is 1.03. The lowest BCUT2D eigenvalue weighted by Crippen LogP contribution is -1.98. The Labute approximate surface area is 44.2 Å². The molecule has 2 N–H and O–H groups in total. The predicted octanol–water partition coefficient (Wildman–Crippen LogP) is 0.911. The maximum atomic E-state index is 5.29. The molecule has 1 aliphatic rings. The van der Waals surface area contributed by atoms with Crippen LogP contribution in [0.25, 0.3) is 0 Å². The summed E-state index contributed by atoms with van der Waals surface area (Å²) in [5.74, 6) is 0.796. The first kappa shape index (κ1) is 4.85. The average Bonchev–Trinajstić information content (AvgIpc) is 2.22. The molecule has 1 saturated carbocycles. The van der Waals surface area contributed by atoms with E-state index in [0.29, 0.717) is 0 Å². The average molecular weight is 97.2 g/mol. The predicted molar refractivity (Wildman–Crippen MR) is 30.9 cm³/mol. The molecule has 1 fully saturated rings. The molecule has 0 saturated heterocycles. The summed E-state index contributed by atoms with van der Waals surface area (Å²) in [5, 5.41) is 0. The van der Waals surface area contributed by atoms with Gasteiger partial charge in [0.05, 0.1) is 0 Å². The van der Waals surface area contributed by atoms with Crippen LogP contribution >= 0.6 is 0 Å². The first-order valence-corrected chi connectivity index (χ1v) is 2.72. The molecule has 0 spiro atoms. The van der Waals surface area contributed by atoms with E-state index in [1.807, 2.05) is 0 Å². The van der Waals surface area contributed by atoms with Gasteiger partial charge in [0.25, 0.3) is 0 Å². The Morgan fingerprint density at radius 1 is 1.86 bits per heavy atom. The molecular weight excluding hydrogens is 86.1 g/mol. The summed E-state index contributed by atoms with van der Waals surface area (Å²) in [7, 11) is 0. The summed E-state index contributed by atoms with van der Waals surface area (Å²) in [6.07, 6.45) is 2.38. The third-order valence-electron chi connectivity index (χ3n) is 1.44. The number of allylic oxidation sites excluding steroid dienone is 1. The lowest BCUT2D eigenvalue weighted by atomic mass is 10.3. The van der Waals surface area contributed by atoms with Crippen LogP contribution in [0.3, 0.4) is 0 Å². The van der Waals surface area contributed by atoms with Crippen molar-refractivity contribution in [3.05, 3.63) is 12.2 Å². The largest absolute Gasteiger partial charge is 0.330 e. The highest BCUT2D eigenvalue weighted by molar-refractivity contribution is 5.18. The molecule has 0 bridgehead atoms. The minimum atomic E-state index is 0.796. The first-order chi connectivity index (χ1) is 3.34. The van der Waals surface area contributed by atoms with E-state index >= 15 is 0 Å². The second-order valence-corrected chi connectivity index (χ2v) is 2.14. The van der Waals surface area contributed by atoms with Crippen LogP contribution in [-0.4, -0.2) is 6.54 Å². The first-order valence-electron chi connectivity index (χ1n) is 2.72. The molecule has 1 unspecified atom stereocenters. The smallest absolute Gasteiger partial charge is 0.00715 e. The van der Waals surface area contributed by atoms with Crippen molar-refractivity contribution in [1.29, 1.82) is 0 Å². The van der Waals surface area contributed by atoms with Gasteiger partial charge in [0.15, 0.2) is 0 Å². The second-order valence-electron chi connectivity index (χ2n) is 2.14. The monoisotopic (exact) mass is 97.1 g/mol. The third-order valence-corrected chi connectivity index (χ3v) is 1.44. The van der Waals surface area contributed by atoms with Gasteiger partial charge in [-0.25, -0.2) is 0 Å². The second kappa shape index (κ2) is 1.66. The summed E-state index contributed by atoms with van der Waals surface area (Å²) < 4.78 is 0. The molecule has 0 amide bonds. The zero-order valence-corrected chi connectivity index (χ0v) is 4.48. The molecule has 0 aromatic carbocycles. The van der Waals surface area contributed by atoms with Gasteiger partial charge >= 0.3 is 0 Å². The maximum absolute atomic E-state index is 5.29. The van der Waals surface area contributed by atoms with Crippen molar-refractivity contribution in [1.82, 2.24) is 0 Å². The Kier molecular flexibility index (Phi) is 1.15.